The van der Waals surface area contributed by atoms with Gasteiger partial charge in [-0.1, -0.05) is 13.8 Å². The molecule has 0 aromatic rings. The topological polar surface area (TPSA) is 18.5 Å². The van der Waals surface area contributed by atoms with E-state index in [0.29, 0.717) is 0 Å². The standard InChI is InChI=1S/C10H22O2/c1-9(2,8-11-5)7-10(3,4)12-6/h7-8H2,1-6H3. The second-order valence-electron chi connectivity index (χ2n) is 4.74. The van der Waals surface area contributed by atoms with Gasteiger partial charge in [-0.25, -0.2) is 0 Å². The lowest BCUT2D eigenvalue weighted by Gasteiger charge is -2.33. The molecule has 0 N–H and O–H groups in total. The van der Waals surface area contributed by atoms with E-state index >= 15 is 0 Å². The Morgan fingerprint density at radius 3 is 1.83 bits per heavy atom. The molecule has 0 unspecified atom stereocenters. The van der Waals surface area contributed by atoms with Gasteiger partial charge in [-0.15, -0.1) is 0 Å². The second kappa shape index (κ2) is 4.24. The molecule has 0 amide bonds. The van der Waals surface area contributed by atoms with Crippen molar-refractivity contribution in [3.63, 3.8) is 0 Å². The van der Waals surface area contributed by atoms with Crippen molar-refractivity contribution in [3.05, 3.63) is 0 Å². The van der Waals surface area contributed by atoms with Gasteiger partial charge in [0.1, 0.15) is 0 Å². The summed E-state index contributed by atoms with van der Waals surface area (Å²) in [7, 11) is 3.49. The van der Waals surface area contributed by atoms with Gasteiger partial charge in [0, 0.05) is 14.2 Å². The minimum atomic E-state index is -0.0535. The molecule has 0 rings (SSSR count). The van der Waals surface area contributed by atoms with Crippen LogP contribution in [0.4, 0.5) is 0 Å². The number of hydrogen-bond donors (Lipinski definition) is 0. The van der Waals surface area contributed by atoms with E-state index in [1.165, 1.54) is 0 Å². The lowest BCUT2D eigenvalue weighted by Crippen LogP contribution is -2.32. The van der Waals surface area contributed by atoms with Crippen molar-refractivity contribution in [2.45, 2.75) is 39.7 Å². The Morgan fingerprint density at radius 1 is 1.00 bits per heavy atom. The van der Waals surface area contributed by atoms with Gasteiger partial charge in [-0.05, 0) is 25.7 Å². The van der Waals surface area contributed by atoms with Crippen LogP contribution in [0.15, 0.2) is 0 Å². The molecule has 74 valence electrons. The summed E-state index contributed by atoms with van der Waals surface area (Å²) in [4.78, 5) is 0. The highest BCUT2D eigenvalue weighted by molar-refractivity contribution is 4.79. The van der Waals surface area contributed by atoms with Gasteiger partial charge in [-0.3, -0.25) is 0 Å². The van der Waals surface area contributed by atoms with Crippen LogP contribution in [-0.4, -0.2) is 26.4 Å². The van der Waals surface area contributed by atoms with Crippen molar-refractivity contribution in [1.29, 1.82) is 0 Å². The Labute approximate surface area is 76.3 Å². The molecule has 0 fully saturated rings. The largest absolute Gasteiger partial charge is 0.384 e. The molecule has 0 spiro atoms. The molecule has 0 saturated heterocycles. The Kier molecular flexibility index (Phi) is 4.21. The molecule has 0 heterocycles. The predicted molar refractivity (Wildman–Crippen MR) is 51.4 cm³/mol. The van der Waals surface area contributed by atoms with Crippen molar-refractivity contribution in [1.82, 2.24) is 0 Å². The smallest absolute Gasteiger partial charge is 0.0628 e. The van der Waals surface area contributed by atoms with Crippen LogP contribution in [0.1, 0.15) is 34.1 Å². The Hall–Kier alpha value is -0.0800. The molecule has 2 nitrogen and oxygen atoms in total. The molecule has 0 radical (unpaired) electrons. The average Bonchev–Trinajstić information content (AvgIpc) is 1.85. The summed E-state index contributed by atoms with van der Waals surface area (Å²) in [6.45, 7) is 9.36. The molecule has 12 heavy (non-hydrogen) atoms. The van der Waals surface area contributed by atoms with Gasteiger partial charge in [0.15, 0.2) is 0 Å². The molecule has 0 aromatic heterocycles. The van der Waals surface area contributed by atoms with Crippen molar-refractivity contribution in [2.75, 3.05) is 20.8 Å². The summed E-state index contributed by atoms with van der Waals surface area (Å²) < 4.78 is 10.5. The third-order valence-electron chi connectivity index (χ3n) is 1.99. The molecule has 0 bridgehead atoms. The van der Waals surface area contributed by atoms with Gasteiger partial charge in [0.2, 0.25) is 0 Å². The normalized spacial score (nSPS) is 13.5. The Bertz CT molecular complexity index is 128. The van der Waals surface area contributed by atoms with E-state index < -0.39 is 0 Å². The zero-order valence-corrected chi connectivity index (χ0v) is 9.23. The van der Waals surface area contributed by atoms with Gasteiger partial charge in [0.25, 0.3) is 0 Å². The summed E-state index contributed by atoms with van der Waals surface area (Å²) in [5.74, 6) is 0. The Morgan fingerprint density at radius 2 is 1.50 bits per heavy atom. The van der Waals surface area contributed by atoms with Crippen LogP contribution < -0.4 is 0 Å². The van der Waals surface area contributed by atoms with E-state index in [1.807, 2.05) is 0 Å². The molecule has 0 aliphatic rings. The van der Waals surface area contributed by atoms with Gasteiger partial charge < -0.3 is 9.47 Å². The highest BCUT2D eigenvalue weighted by Crippen LogP contribution is 2.29. The first-order chi connectivity index (χ1) is 5.33. The molecule has 0 atom stereocenters. The molecule has 0 saturated carbocycles. The molecule has 0 aliphatic carbocycles. The third-order valence-corrected chi connectivity index (χ3v) is 1.99. The summed E-state index contributed by atoms with van der Waals surface area (Å²) >= 11 is 0. The van der Waals surface area contributed by atoms with Gasteiger partial charge in [0.05, 0.1) is 12.2 Å². The fourth-order valence-electron chi connectivity index (χ4n) is 1.67. The summed E-state index contributed by atoms with van der Waals surface area (Å²) in [6, 6.07) is 0. The van der Waals surface area contributed by atoms with E-state index in [0.717, 1.165) is 13.0 Å². The van der Waals surface area contributed by atoms with E-state index in [1.54, 1.807) is 14.2 Å². The van der Waals surface area contributed by atoms with E-state index in [9.17, 15) is 0 Å². The van der Waals surface area contributed by atoms with Crippen LogP contribution in [-0.2, 0) is 9.47 Å². The van der Waals surface area contributed by atoms with Crippen molar-refractivity contribution >= 4 is 0 Å². The van der Waals surface area contributed by atoms with E-state index in [2.05, 4.69) is 27.7 Å². The van der Waals surface area contributed by atoms with Crippen LogP contribution in [0.2, 0.25) is 0 Å². The first-order valence-electron chi connectivity index (χ1n) is 4.37. The number of ether oxygens (including phenoxy) is 2. The zero-order chi connectivity index (χ0) is 9.83. The SMILES string of the molecule is COCC(C)(C)CC(C)(C)OC. The van der Waals surface area contributed by atoms with Crippen LogP contribution >= 0.6 is 0 Å². The van der Waals surface area contributed by atoms with E-state index in [-0.39, 0.29) is 11.0 Å². The van der Waals surface area contributed by atoms with Gasteiger partial charge >= 0.3 is 0 Å². The first kappa shape index (κ1) is 11.9. The number of rotatable bonds is 5. The summed E-state index contributed by atoms with van der Waals surface area (Å²) in [5.41, 5.74) is 0.135. The lowest BCUT2D eigenvalue weighted by atomic mass is 9.82. The minimum absolute atomic E-state index is 0.0535. The monoisotopic (exact) mass is 174 g/mol. The second-order valence-corrected chi connectivity index (χ2v) is 4.74. The predicted octanol–water partition coefficient (Wildman–Crippen LogP) is 2.47. The Balaban J connectivity index is 4.04. The van der Waals surface area contributed by atoms with Crippen LogP contribution in [0, 0.1) is 5.41 Å². The fourth-order valence-corrected chi connectivity index (χ4v) is 1.67. The number of methoxy groups -OCH3 is 2. The summed E-state index contributed by atoms with van der Waals surface area (Å²) in [5, 5.41) is 0. The molecule has 0 aliphatic heterocycles. The minimum Gasteiger partial charge on any atom is -0.384 e. The van der Waals surface area contributed by atoms with E-state index in [4.69, 9.17) is 9.47 Å². The quantitative estimate of drug-likeness (QED) is 0.637. The number of hydrogen-bond acceptors (Lipinski definition) is 2. The van der Waals surface area contributed by atoms with Crippen LogP contribution in [0.3, 0.4) is 0 Å². The maximum atomic E-state index is 5.36. The van der Waals surface area contributed by atoms with Gasteiger partial charge in [-0.2, -0.15) is 0 Å². The van der Waals surface area contributed by atoms with Crippen molar-refractivity contribution in [3.8, 4) is 0 Å². The first-order valence-corrected chi connectivity index (χ1v) is 4.37. The van der Waals surface area contributed by atoms with Crippen LogP contribution in [0.25, 0.3) is 0 Å². The highest BCUT2D eigenvalue weighted by atomic mass is 16.5. The molecule has 0 aromatic carbocycles. The fraction of sp³-hybridized carbons (Fsp3) is 1.00. The lowest BCUT2D eigenvalue weighted by molar-refractivity contribution is -0.0306. The third kappa shape index (κ3) is 4.73. The van der Waals surface area contributed by atoms with Crippen molar-refractivity contribution in [2.24, 2.45) is 5.41 Å². The maximum Gasteiger partial charge on any atom is 0.0628 e. The molecular weight excluding hydrogens is 152 g/mol. The summed E-state index contributed by atoms with van der Waals surface area (Å²) in [6.07, 6.45) is 1.00. The zero-order valence-electron chi connectivity index (χ0n) is 9.23. The van der Waals surface area contributed by atoms with Crippen molar-refractivity contribution < 1.29 is 9.47 Å². The average molecular weight is 174 g/mol. The highest BCUT2D eigenvalue weighted by Gasteiger charge is 2.28. The maximum absolute atomic E-state index is 5.36. The van der Waals surface area contributed by atoms with Crippen LogP contribution in [0.5, 0.6) is 0 Å². The molecule has 2 heteroatoms. The molecular formula is C10H22O2.